The molecule has 1 amide bonds. The molecule has 1 aliphatic heterocycles. The zero-order valence-electron chi connectivity index (χ0n) is 9.03. The van der Waals surface area contributed by atoms with Gasteiger partial charge in [0.05, 0.1) is 5.02 Å². The molecule has 0 bridgehead atoms. The minimum Gasteiger partial charge on any atom is -0.337 e. The van der Waals surface area contributed by atoms with Gasteiger partial charge in [-0.1, -0.05) is 11.6 Å². The highest BCUT2D eigenvalue weighted by molar-refractivity contribution is 6.30. The molecule has 1 aromatic rings. The van der Waals surface area contributed by atoms with Crippen LogP contribution in [0.4, 0.5) is 4.39 Å². The van der Waals surface area contributed by atoms with E-state index in [1.165, 1.54) is 12.1 Å². The van der Waals surface area contributed by atoms with Crippen LogP contribution in [0.2, 0.25) is 5.02 Å². The predicted molar refractivity (Wildman–Crippen MR) is 67.2 cm³/mol. The summed E-state index contributed by atoms with van der Waals surface area (Å²) in [5, 5.41) is 0.0228. The van der Waals surface area contributed by atoms with E-state index in [1.807, 2.05) is 0 Å². The SMILES string of the molecule is Cl.NC1CCN(C(=O)c2ccc(Cl)c(F)c2)C1. The lowest BCUT2D eigenvalue weighted by Crippen LogP contribution is -2.31. The predicted octanol–water partition coefficient (Wildman–Crippen LogP) is 2.07. The van der Waals surface area contributed by atoms with Crippen molar-refractivity contribution in [2.45, 2.75) is 12.5 Å². The van der Waals surface area contributed by atoms with Crippen molar-refractivity contribution in [1.82, 2.24) is 4.90 Å². The third kappa shape index (κ3) is 3.09. The Balaban J connectivity index is 0.00000144. The van der Waals surface area contributed by atoms with Crippen LogP contribution in [0.5, 0.6) is 0 Å². The molecule has 2 N–H and O–H groups in total. The Hall–Kier alpha value is -0.840. The van der Waals surface area contributed by atoms with Gasteiger partial charge in [0.15, 0.2) is 0 Å². The molecule has 0 radical (unpaired) electrons. The van der Waals surface area contributed by atoms with E-state index in [4.69, 9.17) is 17.3 Å². The molecular weight excluding hydrogens is 266 g/mol. The van der Waals surface area contributed by atoms with Crippen LogP contribution in [0.3, 0.4) is 0 Å². The van der Waals surface area contributed by atoms with Crippen LogP contribution in [0.25, 0.3) is 0 Å². The number of hydrogen-bond acceptors (Lipinski definition) is 2. The van der Waals surface area contributed by atoms with Gasteiger partial charge in [0.25, 0.3) is 5.91 Å². The standard InChI is InChI=1S/C11H12ClFN2O.ClH/c12-9-2-1-7(5-10(9)13)11(16)15-4-3-8(14)6-15;/h1-2,5,8H,3-4,6,14H2;1H. The first-order chi connectivity index (χ1) is 7.58. The van der Waals surface area contributed by atoms with Gasteiger partial charge in [-0.2, -0.15) is 0 Å². The number of carbonyl (C=O) groups is 1. The number of hydrogen-bond donors (Lipinski definition) is 1. The lowest BCUT2D eigenvalue weighted by molar-refractivity contribution is 0.0790. The first-order valence-corrected chi connectivity index (χ1v) is 5.45. The molecule has 1 aliphatic rings. The fourth-order valence-corrected chi connectivity index (χ4v) is 1.90. The molecule has 1 fully saturated rings. The van der Waals surface area contributed by atoms with E-state index < -0.39 is 5.82 Å². The summed E-state index contributed by atoms with van der Waals surface area (Å²) in [5.41, 5.74) is 6.02. The van der Waals surface area contributed by atoms with Gasteiger partial charge in [0, 0.05) is 24.7 Å². The first-order valence-electron chi connectivity index (χ1n) is 5.08. The molecule has 0 saturated carbocycles. The van der Waals surface area contributed by atoms with Gasteiger partial charge >= 0.3 is 0 Å². The molecule has 0 spiro atoms. The molecule has 0 aromatic heterocycles. The van der Waals surface area contributed by atoms with E-state index in [0.29, 0.717) is 18.7 Å². The van der Waals surface area contributed by atoms with Crippen LogP contribution in [0.1, 0.15) is 16.8 Å². The molecule has 1 heterocycles. The number of rotatable bonds is 1. The van der Waals surface area contributed by atoms with E-state index in [0.717, 1.165) is 12.5 Å². The average molecular weight is 279 g/mol. The molecule has 0 aliphatic carbocycles. The Kier molecular flexibility index (Phi) is 4.74. The third-order valence-electron chi connectivity index (χ3n) is 2.68. The second-order valence-electron chi connectivity index (χ2n) is 3.93. The highest BCUT2D eigenvalue weighted by Crippen LogP contribution is 2.18. The van der Waals surface area contributed by atoms with Crippen molar-refractivity contribution < 1.29 is 9.18 Å². The van der Waals surface area contributed by atoms with E-state index in [9.17, 15) is 9.18 Å². The molecule has 2 rings (SSSR count). The maximum atomic E-state index is 13.2. The molecule has 1 aromatic carbocycles. The largest absolute Gasteiger partial charge is 0.337 e. The van der Waals surface area contributed by atoms with Crippen molar-refractivity contribution >= 4 is 29.9 Å². The minimum absolute atomic E-state index is 0. The van der Waals surface area contributed by atoms with Crippen molar-refractivity contribution in [1.29, 1.82) is 0 Å². The number of halogens is 3. The summed E-state index contributed by atoms with van der Waals surface area (Å²) >= 11 is 5.55. The number of benzene rings is 1. The van der Waals surface area contributed by atoms with Gasteiger partial charge < -0.3 is 10.6 Å². The molecule has 94 valence electrons. The Morgan fingerprint density at radius 3 is 2.76 bits per heavy atom. The number of amides is 1. The fourth-order valence-electron chi connectivity index (χ4n) is 1.78. The number of nitrogens with zero attached hydrogens (tertiary/aromatic N) is 1. The smallest absolute Gasteiger partial charge is 0.254 e. The quantitative estimate of drug-likeness (QED) is 0.855. The second kappa shape index (κ2) is 5.67. The molecule has 3 nitrogen and oxygen atoms in total. The fraction of sp³-hybridized carbons (Fsp3) is 0.364. The average Bonchev–Trinajstić information content (AvgIpc) is 2.68. The van der Waals surface area contributed by atoms with Crippen LogP contribution in [0, 0.1) is 5.82 Å². The zero-order chi connectivity index (χ0) is 11.7. The molecule has 17 heavy (non-hydrogen) atoms. The van der Waals surface area contributed by atoms with Gasteiger partial charge in [-0.25, -0.2) is 4.39 Å². The zero-order valence-corrected chi connectivity index (χ0v) is 10.6. The Morgan fingerprint density at radius 2 is 2.24 bits per heavy atom. The van der Waals surface area contributed by atoms with E-state index in [1.54, 1.807) is 4.90 Å². The summed E-state index contributed by atoms with van der Waals surface area (Å²) < 4.78 is 13.2. The molecule has 1 unspecified atom stereocenters. The normalized spacial score (nSPS) is 19.0. The monoisotopic (exact) mass is 278 g/mol. The summed E-state index contributed by atoms with van der Waals surface area (Å²) in [5.74, 6) is -0.764. The molecule has 1 atom stereocenters. The van der Waals surface area contributed by atoms with E-state index >= 15 is 0 Å². The van der Waals surface area contributed by atoms with Crippen molar-refractivity contribution in [3.63, 3.8) is 0 Å². The van der Waals surface area contributed by atoms with Gasteiger partial charge in [-0.05, 0) is 24.6 Å². The molecular formula is C11H13Cl2FN2O. The van der Waals surface area contributed by atoms with Crippen LogP contribution in [0.15, 0.2) is 18.2 Å². The Morgan fingerprint density at radius 1 is 1.53 bits per heavy atom. The highest BCUT2D eigenvalue weighted by Gasteiger charge is 2.24. The van der Waals surface area contributed by atoms with Gasteiger partial charge in [0.1, 0.15) is 5.82 Å². The maximum Gasteiger partial charge on any atom is 0.254 e. The number of nitrogens with two attached hydrogens (primary N) is 1. The van der Waals surface area contributed by atoms with Crippen LogP contribution in [-0.2, 0) is 0 Å². The van der Waals surface area contributed by atoms with Crippen molar-refractivity contribution in [2.75, 3.05) is 13.1 Å². The van der Waals surface area contributed by atoms with E-state index in [-0.39, 0.29) is 29.4 Å². The van der Waals surface area contributed by atoms with Crippen LogP contribution < -0.4 is 5.73 Å². The Bertz CT molecular complexity index is 428. The second-order valence-corrected chi connectivity index (χ2v) is 4.34. The Labute approximate surface area is 110 Å². The van der Waals surface area contributed by atoms with Gasteiger partial charge in [-0.15, -0.1) is 12.4 Å². The summed E-state index contributed by atoms with van der Waals surface area (Å²) in [6, 6.07) is 4.10. The first kappa shape index (κ1) is 14.2. The van der Waals surface area contributed by atoms with Gasteiger partial charge in [-0.3, -0.25) is 4.79 Å². The molecule has 1 saturated heterocycles. The lowest BCUT2D eigenvalue weighted by atomic mass is 10.2. The van der Waals surface area contributed by atoms with Gasteiger partial charge in [0.2, 0.25) is 0 Å². The van der Waals surface area contributed by atoms with E-state index in [2.05, 4.69) is 0 Å². The molecule has 6 heteroatoms. The van der Waals surface area contributed by atoms with Crippen molar-refractivity contribution in [3.8, 4) is 0 Å². The summed E-state index contributed by atoms with van der Waals surface area (Å²) in [7, 11) is 0. The van der Waals surface area contributed by atoms with Crippen LogP contribution >= 0.6 is 24.0 Å². The third-order valence-corrected chi connectivity index (χ3v) is 2.98. The highest BCUT2D eigenvalue weighted by atomic mass is 35.5. The maximum absolute atomic E-state index is 13.2. The number of likely N-dealkylation sites (tertiary alicyclic amines) is 1. The lowest BCUT2D eigenvalue weighted by Gasteiger charge is -2.15. The summed E-state index contributed by atoms with van der Waals surface area (Å²) in [6.07, 6.45) is 0.793. The van der Waals surface area contributed by atoms with Crippen molar-refractivity contribution in [3.05, 3.63) is 34.6 Å². The van der Waals surface area contributed by atoms with Crippen molar-refractivity contribution in [2.24, 2.45) is 5.73 Å². The minimum atomic E-state index is -0.573. The van der Waals surface area contributed by atoms with Crippen LogP contribution in [-0.4, -0.2) is 29.9 Å². The topological polar surface area (TPSA) is 46.3 Å². The summed E-state index contributed by atoms with van der Waals surface area (Å²) in [4.78, 5) is 13.5. The summed E-state index contributed by atoms with van der Waals surface area (Å²) in [6.45, 7) is 1.16. The number of carbonyl (C=O) groups excluding carboxylic acids is 1.